The largest absolute Gasteiger partial charge is 0.506 e. The molecule has 3 nitrogen and oxygen atoms in total. The molecule has 0 aliphatic rings. The fourth-order valence-corrected chi connectivity index (χ4v) is 1.72. The molecule has 1 heterocycles. The predicted molar refractivity (Wildman–Crippen MR) is 67.4 cm³/mol. The number of phenolic OH excluding ortho intramolecular Hbond substituents is 1. The predicted octanol–water partition coefficient (Wildman–Crippen LogP) is 5.27. The van der Waals surface area contributed by atoms with Crippen molar-refractivity contribution in [3.05, 3.63) is 46.6 Å². The third-order valence-corrected chi connectivity index (χ3v) is 2.92. The van der Waals surface area contributed by atoms with Gasteiger partial charge in [0.15, 0.2) is 0 Å². The topological polar surface area (TPSA) is 42.4 Å². The summed E-state index contributed by atoms with van der Waals surface area (Å²) in [5.41, 5.74) is -3.24. The van der Waals surface area contributed by atoms with E-state index in [0.717, 1.165) is 18.2 Å². The number of phenols is 1. The molecule has 1 aromatic heterocycles. The van der Waals surface area contributed by atoms with Crippen molar-refractivity contribution >= 4 is 11.6 Å². The van der Waals surface area contributed by atoms with Crippen LogP contribution in [0.25, 0.3) is 0 Å². The van der Waals surface area contributed by atoms with Crippen molar-refractivity contribution in [1.82, 2.24) is 4.98 Å². The maximum Gasteiger partial charge on any atom is 0.421 e. The minimum absolute atomic E-state index is 0.0929. The Morgan fingerprint density at radius 2 is 1.65 bits per heavy atom. The van der Waals surface area contributed by atoms with Crippen LogP contribution in [0.4, 0.5) is 26.3 Å². The van der Waals surface area contributed by atoms with E-state index in [4.69, 9.17) is 16.3 Å². The number of alkyl halides is 6. The summed E-state index contributed by atoms with van der Waals surface area (Å²) in [5, 5.41) is 9.01. The molecule has 0 radical (unpaired) electrons. The fraction of sp³-hybridized carbons (Fsp3) is 0.154. The van der Waals surface area contributed by atoms with Gasteiger partial charge in [-0.1, -0.05) is 11.6 Å². The second kappa shape index (κ2) is 5.80. The second-order valence-corrected chi connectivity index (χ2v) is 4.69. The van der Waals surface area contributed by atoms with E-state index in [1.807, 2.05) is 0 Å². The number of hydrogen-bond donors (Lipinski definition) is 1. The lowest BCUT2D eigenvalue weighted by Crippen LogP contribution is -2.13. The lowest BCUT2D eigenvalue weighted by atomic mass is 10.2. The van der Waals surface area contributed by atoms with Gasteiger partial charge in [-0.3, -0.25) is 0 Å². The van der Waals surface area contributed by atoms with Gasteiger partial charge < -0.3 is 9.84 Å². The highest BCUT2D eigenvalue weighted by molar-refractivity contribution is 6.32. The van der Waals surface area contributed by atoms with E-state index >= 15 is 0 Å². The summed E-state index contributed by atoms with van der Waals surface area (Å²) in [6.07, 6.45) is -9.86. The second-order valence-electron chi connectivity index (χ2n) is 4.29. The molecule has 0 aliphatic carbocycles. The molecule has 0 saturated heterocycles. The van der Waals surface area contributed by atoms with E-state index in [9.17, 15) is 31.4 Å². The molecule has 1 aromatic carbocycles. The van der Waals surface area contributed by atoms with Gasteiger partial charge in [-0.05, 0) is 18.2 Å². The van der Waals surface area contributed by atoms with Gasteiger partial charge in [-0.2, -0.15) is 26.3 Å². The molecular weight excluding hydrogens is 352 g/mol. The first-order valence-electron chi connectivity index (χ1n) is 5.79. The van der Waals surface area contributed by atoms with Gasteiger partial charge in [0.25, 0.3) is 0 Å². The van der Waals surface area contributed by atoms with Gasteiger partial charge in [0.2, 0.25) is 5.88 Å². The van der Waals surface area contributed by atoms with E-state index in [0.29, 0.717) is 0 Å². The van der Waals surface area contributed by atoms with Crippen LogP contribution in [0, 0.1) is 0 Å². The van der Waals surface area contributed by atoms with Gasteiger partial charge in [-0.15, -0.1) is 0 Å². The number of ether oxygens (including phenoxy) is 1. The molecule has 2 rings (SSSR count). The van der Waals surface area contributed by atoms with E-state index in [1.165, 1.54) is 0 Å². The standard InChI is InChI=1S/C13H6ClF6NO2/c14-9-4-7(1-2-10(9)22)23-11-8(13(18,19)20)3-6(5-21-11)12(15,16)17/h1-5,22H. The molecular formula is C13H6ClF6NO2. The number of pyridine rings is 1. The smallest absolute Gasteiger partial charge is 0.421 e. The van der Waals surface area contributed by atoms with Gasteiger partial charge in [0, 0.05) is 12.3 Å². The highest BCUT2D eigenvalue weighted by Crippen LogP contribution is 2.40. The third kappa shape index (κ3) is 3.98. The molecule has 0 spiro atoms. The van der Waals surface area contributed by atoms with Gasteiger partial charge in [0.1, 0.15) is 17.1 Å². The summed E-state index contributed by atoms with van der Waals surface area (Å²) in [4.78, 5) is 3.09. The first-order valence-corrected chi connectivity index (χ1v) is 6.17. The van der Waals surface area contributed by atoms with E-state index in [2.05, 4.69) is 4.98 Å². The van der Waals surface area contributed by atoms with Crippen LogP contribution in [0.5, 0.6) is 17.4 Å². The molecule has 23 heavy (non-hydrogen) atoms. The highest BCUT2D eigenvalue weighted by Gasteiger charge is 2.40. The Morgan fingerprint density at radius 3 is 2.17 bits per heavy atom. The summed E-state index contributed by atoms with van der Waals surface area (Å²) in [6, 6.07) is 3.04. The molecule has 0 saturated carbocycles. The Morgan fingerprint density at radius 1 is 1.00 bits per heavy atom. The Labute approximate surface area is 130 Å². The van der Waals surface area contributed by atoms with Gasteiger partial charge >= 0.3 is 12.4 Å². The molecule has 0 atom stereocenters. The Kier molecular flexibility index (Phi) is 4.34. The molecule has 0 unspecified atom stereocenters. The first-order chi connectivity index (χ1) is 10.5. The lowest BCUT2D eigenvalue weighted by molar-refractivity contribution is -0.144. The van der Waals surface area contributed by atoms with Crippen molar-refractivity contribution in [1.29, 1.82) is 0 Å². The average Bonchev–Trinajstić information content (AvgIpc) is 2.41. The van der Waals surface area contributed by atoms with Crippen LogP contribution in [0.3, 0.4) is 0 Å². The van der Waals surface area contributed by atoms with Crippen molar-refractivity contribution in [2.75, 3.05) is 0 Å². The van der Waals surface area contributed by atoms with Crippen LogP contribution >= 0.6 is 11.6 Å². The van der Waals surface area contributed by atoms with E-state index in [-0.39, 0.29) is 28.8 Å². The third-order valence-electron chi connectivity index (χ3n) is 2.62. The molecule has 0 fully saturated rings. The monoisotopic (exact) mass is 357 g/mol. The van der Waals surface area contributed by atoms with E-state index < -0.39 is 29.4 Å². The van der Waals surface area contributed by atoms with Crippen LogP contribution in [0.1, 0.15) is 11.1 Å². The molecule has 0 bridgehead atoms. The van der Waals surface area contributed by atoms with Crippen LogP contribution in [0.2, 0.25) is 5.02 Å². The SMILES string of the molecule is Oc1ccc(Oc2ncc(C(F)(F)F)cc2C(F)(F)F)cc1Cl. The maximum atomic E-state index is 12.9. The number of aromatic hydroxyl groups is 1. The Bertz CT molecular complexity index is 729. The van der Waals surface area contributed by atoms with E-state index in [1.54, 1.807) is 0 Å². The quantitative estimate of drug-likeness (QED) is 0.744. The number of halogens is 7. The summed E-state index contributed by atoms with van der Waals surface area (Å²) in [7, 11) is 0. The van der Waals surface area contributed by atoms with Crippen LogP contribution in [-0.4, -0.2) is 10.1 Å². The average molecular weight is 358 g/mol. The molecule has 10 heteroatoms. The van der Waals surface area contributed by atoms with Crippen molar-refractivity contribution in [2.24, 2.45) is 0 Å². The summed E-state index contributed by atoms with van der Waals surface area (Å²) in [5.74, 6) is -1.63. The number of aromatic nitrogens is 1. The molecule has 0 amide bonds. The summed E-state index contributed by atoms with van der Waals surface area (Å²) < 4.78 is 81.1. The minimum Gasteiger partial charge on any atom is -0.506 e. The fourth-order valence-electron chi connectivity index (χ4n) is 1.55. The lowest BCUT2D eigenvalue weighted by Gasteiger charge is -2.15. The number of rotatable bonds is 2. The Balaban J connectivity index is 2.47. The van der Waals surface area contributed by atoms with Crippen molar-refractivity contribution in [3.63, 3.8) is 0 Å². The zero-order valence-electron chi connectivity index (χ0n) is 10.8. The van der Waals surface area contributed by atoms with Gasteiger partial charge in [-0.25, -0.2) is 4.98 Å². The summed E-state index contributed by atoms with van der Waals surface area (Å²) >= 11 is 5.57. The van der Waals surface area contributed by atoms with Crippen molar-refractivity contribution in [3.8, 4) is 17.4 Å². The first kappa shape index (κ1) is 17.2. The molecule has 0 aliphatic heterocycles. The van der Waals surface area contributed by atoms with Gasteiger partial charge in [0.05, 0.1) is 10.6 Å². The zero-order valence-corrected chi connectivity index (χ0v) is 11.6. The molecule has 1 N–H and O–H groups in total. The van der Waals surface area contributed by atoms with Crippen LogP contribution in [-0.2, 0) is 12.4 Å². The zero-order chi connectivity index (χ0) is 17.4. The Hall–Kier alpha value is -2.16. The van der Waals surface area contributed by atoms with Crippen LogP contribution < -0.4 is 4.74 Å². The highest BCUT2D eigenvalue weighted by atomic mass is 35.5. The molecule has 124 valence electrons. The molecule has 2 aromatic rings. The number of hydrogen-bond acceptors (Lipinski definition) is 3. The van der Waals surface area contributed by atoms with Crippen LogP contribution in [0.15, 0.2) is 30.5 Å². The maximum absolute atomic E-state index is 12.9. The van der Waals surface area contributed by atoms with Crippen molar-refractivity contribution < 1.29 is 36.2 Å². The number of benzene rings is 1. The summed E-state index contributed by atoms with van der Waals surface area (Å²) in [6.45, 7) is 0. The van der Waals surface area contributed by atoms with Crippen molar-refractivity contribution in [2.45, 2.75) is 12.4 Å². The normalized spacial score (nSPS) is 12.3. The minimum atomic E-state index is -5.11. The number of nitrogens with zero attached hydrogens (tertiary/aromatic N) is 1.